The van der Waals surface area contributed by atoms with Gasteiger partial charge >= 0.3 is 5.97 Å². The average Bonchev–Trinajstić information content (AvgIpc) is 3.10. The molecule has 1 saturated carbocycles. The second-order valence-electron chi connectivity index (χ2n) is 4.39. The first-order chi connectivity index (χ1) is 8.44. The van der Waals surface area contributed by atoms with Crippen molar-refractivity contribution in [1.29, 1.82) is 0 Å². The van der Waals surface area contributed by atoms with Crippen molar-refractivity contribution in [2.45, 2.75) is 12.8 Å². The summed E-state index contributed by atoms with van der Waals surface area (Å²) in [6.45, 7) is 0.0735. The zero-order valence-corrected chi connectivity index (χ0v) is 11.0. The first kappa shape index (κ1) is 13.0. The van der Waals surface area contributed by atoms with E-state index in [0.29, 0.717) is 17.3 Å². The van der Waals surface area contributed by atoms with Crippen molar-refractivity contribution in [3.05, 3.63) is 34.1 Å². The summed E-state index contributed by atoms with van der Waals surface area (Å²) < 4.78 is 13.5. The van der Waals surface area contributed by atoms with E-state index in [-0.39, 0.29) is 12.1 Å². The van der Waals surface area contributed by atoms with Gasteiger partial charge < -0.3 is 10.4 Å². The fraction of sp³-hybridized carbons (Fsp3) is 0.333. The summed E-state index contributed by atoms with van der Waals surface area (Å²) in [5.41, 5.74) is -0.661. The quantitative estimate of drug-likeness (QED) is 0.895. The van der Waals surface area contributed by atoms with E-state index in [1.165, 1.54) is 12.1 Å². The Hall–Kier alpha value is -1.43. The Labute approximate surface area is 111 Å². The number of carbonyl (C=O) groups is 2. The van der Waals surface area contributed by atoms with E-state index in [4.69, 9.17) is 5.11 Å². The Balaban J connectivity index is 2.04. The van der Waals surface area contributed by atoms with Crippen LogP contribution in [0.25, 0.3) is 0 Å². The van der Waals surface area contributed by atoms with Crippen LogP contribution in [0.4, 0.5) is 4.39 Å². The van der Waals surface area contributed by atoms with Crippen LogP contribution in [0.2, 0.25) is 0 Å². The van der Waals surface area contributed by atoms with Crippen molar-refractivity contribution in [3.63, 3.8) is 0 Å². The molecule has 0 spiro atoms. The molecular formula is C12H11BrFNO3. The highest BCUT2D eigenvalue weighted by atomic mass is 79.9. The average molecular weight is 316 g/mol. The number of halogens is 2. The number of carboxylic acids is 1. The number of rotatable bonds is 4. The number of carbonyl (C=O) groups excluding carboxylic acids is 1. The van der Waals surface area contributed by atoms with Gasteiger partial charge in [-0.05, 0) is 47.0 Å². The molecule has 0 radical (unpaired) electrons. The molecule has 0 heterocycles. The van der Waals surface area contributed by atoms with Crippen LogP contribution < -0.4 is 5.32 Å². The molecule has 1 aromatic rings. The molecule has 1 aliphatic rings. The van der Waals surface area contributed by atoms with E-state index in [2.05, 4.69) is 21.2 Å². The molecule has 1 aromatic carbocycles. The molecule has 0 aliphatic heterocycles. The molecule has 0 bridgehead atoms. The van der Waals surface area contributed by atoms with Gasteiger partial charge in [0, 0.05) is 11.0 Å². The third-order valence-corrected chi connectivity index (χ3v) is 3.76. The largest absolute Gasteiger partial charge is 0.481 e. The predicted octanol–water partition coefficient (Wildman–Crippen LogP) is 2.18. The molecule has 2 rings (SSSR count). The lowest BCUT2D eigenvalue weighted by molar-refractivity contribution is -0.143. The van der Waals surface area contributed by atoms with Gasteiger partial charge in [0.25, 0.3) is 5.91 Å². The molecule has 96 valence electrons. The van der Waals surface area contributed by atoms with Gasteiger partial charge in [-0.15, -0.1) is 0 Å². The highest BCUT2D eigenvalue weighted by molar-refractivity contribution is 9.10. The predicted molar refractivity (Wildman–Crippen MR) is 65.7 cm³/mol. The van der Waals surface area contributed by atoms with Crippen LogP contribution in [0, 0.1) is 11.2 Å². The van der Waals surface area contributed by atoms with E-state index >= 15 is 0 Å². The summed E-state index contributed by atoms with van der Waals surface area (Å²) in [5.74, 6) is -1.89. The van der Waals surface area contributed by atoms with Crippen LogP contribution in [-0.2, 0) is 4.79 Å². The van der Waals surface area contributed by atoms with Gasteiger partial charge in [0.2, 0.25) is 0 Å². The summed E-state index contributed by atoms with van der Waals surface area (Å²) in [4.78, 5) is 22.7. The minimum atomic E-state index is -0.902. The molecule has 1 amide bonds. The smallest absolute Gasteiger partial charge is 0.311 e. The summed E-state index contributed by atoms with van der Waals surface area (Å²) >= 11 is 3.15. The molecule has 0 atom stereocenters. The maximum absolute atomic E-state index is 13.0. The molecule has 0 saturated heterocycles. The highest BCUT2D eigenvalue weighted by Crippen LogP contribution is 2.45. The summed E-state index contributed by atoms with van der Waals surface area (Å²) in [6.07, 6.45) is 1.12. The molecule has 1 fully saturated rings. The Kier molecular flexibility index (Phi) is 3.38. The van der Waals surface area contributed by atoms with E-state index in [1.807, 2.05) is 0 Å². The first-order valence-corrected chi connectivity index (χ1v) is 6.21. The Morgan fingerprint density at radius 3 is 2.67 bits per heavy atom. The molecule has 0 aromatic heterocycles. The van der Waals surface area contributed by atoms with E-state index in [1.54, 1.807) is 0 Å². The van der Waals surface area contributed by atoms with Crippen LogP contribution in [0.1, 0.15) is 23.2 Å². The zero-order chi connectivity index (χ0) is 13.3. The maximum Gasteiger partial charge on any atom is 0.311 e. The minimum Gasteiger partial charge on any atom is -0.481 e. The molecule has 6 heteroatoms. The lowest BCUT2D eigenvalue weighted by Crippen LogP contribution is -2.34. The lowest BCUT2D eigenvalue weighted by atomic mass is 10.1. The minimum absolute atomic E-state index is 0.0735. The van der Waals surface area contributed by atoms with E-state index < -0.39 is 23.1 Å². The fourth-order valence-corrected chi connectivity index (χ4v) is 2.06. The number of hydrogen-bond donors (Lipinski definition) is 2. The lowest BCUT2D eigenvalue weighted by Gasteiger charge is -2.11. The van der Waals surface area contributed by atoms with Crippen molar-refractivity contribution in [3.8, 4) is 0 Å². The normalized spacial score (nSPS) is 16.1. The summed E-state index contributed by atoms with van der Waals surface area (Å²) in [6, 6.07) is 3.79. The van der Waals surface area contributed by atoms with Crippen LogP contribution in [0.15, 0.2) is 22.7 Å². The van der Waals surface area contributed by atoms with E-state index in [9.17, 15) is 14.0 Å². The van der Waals surface area contributed by atoms with Crippen LogP contribution in [0.3, 0.4) is 0 Å². The van der Waals surface area contributed by atoms with Gasteiger partial charge in [0.1, 0.15) is 5.82 Å². The summed E-state index contributed by atoms with van der Waals surface area (Å²) in [7, 11) is 0. The van der Waals surface area contributed by atoms with Crippen molar-refractivity contribution in [2.75, 3.05) is 6.54 Å². The molecule has 0 unspecified atom stereocenters. The molecule has 2 N–H and O–H groups in total. The van der Waals surface area contributed by atoms with Crippen molar-refractivity contribution >= 4 is 27.8 Å². The van der Waals surface area contributed by atoms with Crippen LogP contribution >= 0.6 is 15.9 Å². The number of benzene rings is 1. The number of amides is 1. The third kappa shape index (κ3) is 2.53. The second-order valence-corrected chi connectivity index (χ2v) is 5.25. The first-order valence-electron chi connectivity index (χ1n) is 5.41. The van der Waals surface area contributed by atoms with Crippen LogP contribution in [-0.4, -0.2) is 23.5 Å². The molecule has 1 aliphatic carbocycles. The summed E-state index contributed by atoms with van der Waals surface area (Å²) in [5, 5.41) is 11.5. The van der Waals surface area contributed by atoms with Gasteiger partial charge in [-0.1, -0.05) is 0 Å². The number of hydrogen-bond acceptors (Lipinski definition) is 2. The SMILES string of the molecule is O=C(NCC1(C(=O)O)CC1)c1cc(F)ccc1Br. The Morgan fingerprint density at radius 1 is 1.44 bits per heavy atom. The number of carboxylic acid groups (broad SMARTS) is 1. The molecular weight excluding hydrogens is 305 g/mol. The third-order valence-electron chi connectivity index (χ3n) is 3.07. The van der Waals surface area contributed by atoms with Crippen LogP contribution in [0.5, 0.6) is 0 Å². The van der Waals surface area contributed by atoms with Gasteiger partial charge in [-0.25, -0.2) is 4.39 Å². The topological polar surface area (TPSA) is 66.4 Å². The van der Waals surface area contributed by atoms with Gasteiger partial charge in [-0.3, -0.25) is 9.59 Å². The molecule has 18 heavy (non-hydrogen) atoms. The maximum atomic E-state index is 13.0. The molecule has 4 nitrogen and oxygen atoms in total. The monoisotopic (exact) mass is 315 g/mol. The van der Waals surface area contributed by atoms with Crippen molar-refractivity contribution in [1.82, 2.24) is 5.32 Å². The standard InChI is InChI=1S/C12H11BrFNO3/c13-9-2-1-7(14)5-8(9)10(16)15-6-12(3-4-12)11(17)18/h1-2,5H,3-4,6H2,(H,15,16)(H,17,18). The van der Waals surface area contributed by atoms with Crippen molar-refractivity contribution < 1.29 is 19.1 Å². The Bertz CT molecular complexity index is 514. The zero-order valence-electron chi connectivity index (χ0n) is 9.37. The number of nitrogens with one attached hydrogen (secondary N) is 1. The van der Waals surface area contributed by atoms with Gasteiger partial charge in [0.15, 0.2) is 0 Å². The van der Waals surface area contributed by atoms with E-state index in [0.717, 1.165) is 6.07 Å². The number of aliphatic carboxylic acids is 1. The Morgan fingerprint density at radius 2 is 2.11 bits per heavy atom. The van der Waals surface area contributed by atoms with Crippen molar-refractivity contribution in [2.24, 2.45) is 5.41 Å². The second kappa shape index (κ2) is 4.68. The fourth-order valence-electron chi connectivity index (χ4n) is 1.63. The van der Waals surface area contributed by atoms with Gasteiger partial charge in [0.05, 0.1) is 11.0 Å². The van der Waals surface area contributed by atoms with Gasteiger partial charge in [-0.2, -0.15) is 0 Å². The highest BCUT2D eigenvalue weighted by Gasteiger charge is 2.50.